The number of hydrogen-bond acceptors (Lipinski definition) is 4. The summed E-state index contributed by atoms with van der Waals surface area (Å²) in [5.41, 5.74) is 1.86. The van der Waals surface area contributed by atoms with Crippen molar-refractivity contribution in [2.75, 3.05) is 13.1 Å². The summed E-state index contributed by atoms with van der Waals surface area (Å²) in [7, 11) is 0. The van der Waals surface area contributed by atoms with Crippen LogP contribution in [0.25, 0.3) is 6.08 Å². The minimum Gasteiger partial charge on any atom is -0.452 e. The molecule has 0 aliphatic carbocycles. The lowest BCUT2D eigenvalue weighted by atomic mass is 9.97. The highest BCUT2D eigenvalue weighted by Gasteiger charge is 2.29. The summed E-state index contributed by atoms with van der Waals surface area (Å²) in [4.78, 5) is 38.8. The van der Waals surface area contributed by atoms with Crippen LogP contribution >= 0.6 is 11.6 Å². The first kappa shape index (κ1) is 23.5. The Bertz CT molecular complexity index is 952. The maximum Gasteiger partial charge on any atom is 0.309 e. The minimum absolute atomic E-state index is 0.0735. The average Bonchev–Trinajstić information content (AvgIpc) is 2.82. The molecule has 1 unspecified atom stereocenters. The zero-order valence-electron chi connectivity index (χ0n) is 18.0. The lowest BCUT2D eigenvalue weighted by Gasteiger charge is -2.30. The van der Waals surface area contributed by atoms with Gasteiger partial charge in [0, 0.05) is 30.7 Å². The van der Waals surface area contributed by atoms with Crippen molar-refractivity contribution in [1.29, 1.82) is 0 Å². The van der Waals surface area contributed by atoms with Gasteiger partial charge in [-0.1, -0.05) is 54.1 Å². The lowest BCUT2D eigenvalue weighted by molar-refractivity contribution is -0.160. The number of carbonyl (C=O) groups is 3. The van der Waals surface area contributed by atoms with Crippen LogP contribution in [0.15, 0.2) is 60.7 Å². The number of benzene rings is 2. The molecule has 32 heavy (non-hydrogen) atoms. The molecule has 1 N–H and O–H groups in total. The largest absolute Gasteiger partial charge is 0.452 e. The SMILES string of the molecule is CC(OC(=O)C1CCN(C(=O)/C=C/c2ccccc2)CC1)C(=O)NCc1ccc(Cl)cc1. The second kappa shape index (κ2) is 11.5. The lowest BCUT2D eigenvalue weighted by Crippen LogP contribution is -2.42. The zero-order chi connectivity index (χ0) is 22.9. The normalized spacial score (nSPS) is 15.4. The topological polar surface area (TPSA) is 75.7 Å². The number of carbonyl (C=O) groups excluding carboxylic acids is 3. The van der Waals surface area contributed by atoms with Crippen molar-refractivity contribution in [2.45, 2.75) is 32.4 Å². The molecule has 0 aromatic heterocycles. The Kier molecular flexibility index (Phi) is 8.45. The fourth-order valence-corrected chi connectivity index (χ4v) is 3.56. The van der Waals surface area contributed by atoms with E-state index in [0.29, 0.717) is 37.5 Å². The second-order valence-electron chi connectivity index (χ2n) is 7.77. The number of hydrogen-bond donors (Lipinski definition) is 1. The number of likely N-dealkylation sites (tertiary alicyclic amines) is 1. The molecular weight excluding hydrogens is 428 g/mol. The molecule has 1 aliphatic heterocycles. The number of nitrogens with one attached hydrogen (secondary N) is 1. The van der Waals surface area contributed by atoms with Gasteiger partial charge in [0.25, 0.3) is 5.91 Å². The molecule has 6 nitrogen and oxygen atoms in total. The van der Waals surface area contributed by atoms with Crippen molar-refractivity contribution in [1.82, 2.24) is 10.2 Å². The smallest absolute Gasteiger partial charge is 0.309 e. The van der Waals surface area contributed by atoms with E-state index in [1.165, 1.54) is 0 Å². The molecule has 1 heterocycles. The maximum absolute atomic E-state index is 12.5. The first-order chi connectivity index (χ1) is 15.4. The fourth-order valence-electron chi connectivity index (χ4n) is 3.43. The molecule has 1 fully saturated rings. The molecule has 2 aromatic carbocycles. The van der Waals surface area contributed by atoms with E-state index in [1.54, 1.807) is 36.1 Å². The number of esters is 1. The quantitative estimate of drug-likeness (QED) is 0.509. The Morgan fingerprint density at radius 2 is 1.75 bits per heavy atom. The third-order valence-corrected chi connectivity index (χ3v) is 5.65. The second-order valence-corrected chi connectivity index (χ2v) is 8.20. The van der Waals surface area contributed by atoms with Gasteiger partial charge in [-0.25, -0.2) is 0 Å². The Labute approximate surface area is 193 Å². The predicted molar refractivity (Wildman–Crippen MR) is 124 cm³/mol. The molecule has 0 radical (unpaired) electrons. The maximum atomic E-state index is 12.5. The van der Waals surface area contributed by atoms with Gasteiger partial charge in [0.1, 0.15) is 0 Å². The number of amides is 2. The Morgan fingerprint density at radius 1 is 1.09 bits per heavy atom. The minimum atomic E-state index is -0.886. The van der Waals surface area contributed by atoms with Crippen LogP contribution in [0, 0.1) is 5.92 Å². The molecule has 2 amide bonds. The summed E-state index contributed by atoms with van der Waals surface area (Å²) in [6.45, 7) is 2.85. The first-order valence-electron chi connectivity index (χ1n) is 10.7. The Balaban J connectivity index is 1.40. The van der Waals surface area contributed by atoms with E-state index in [4.69, 9.17) is 16.3 Å². The molecule has 7 heteroatoms. The molecule has 2 aromatic rings. The van der Waals surface area contributed by atoms with Gasteiger partial charge in [-0.15, -0.1) is 0 Å². The standard InChI is InChI=1S/C25H27ClN2O4/c1-18(24(30)27-17-20-7-10-22(26)11-8-20)32-25(31)21-13-15-28(16-14-21)23(29)12-9-19-5-3-2-4-6-19/h2-12,18,21H,13-17H2,1H3,(H,27,30)/b12-9+. The number of ether oxygens (including phenoxy) is 1. The highest BCUT2D eigenvalue weighted by molar-refractivity contribution is 6.30. The van der Waals surface area contributed by atoms with E-state index in [2.05, 4.69) is 5.32 Å². The number of piperidine rings is 1. The fraction of sp³-hybridized carbons (Fsp3) is 0.320. The third-order valence-electron chi connectivity index (χ3n) is 5.40. The molecular formula is C25H27ClN2O4. The summed E-state index contributed by atoms with van der Waals surface area (Å²) >= 11 is 5.85. The summed E-state index contributed by atoms with van der Waals surface area (Å²) in [6.07, 6.45) is 3.49. The molecule has 0 saturated carbocycles. The summed E-state index contributed by atoms with van der Waals surface area (Å²) in [5, 5.41) is 3.38. The van der Waals surface area contributed by atoms with Gasteiger partial charge in [0.05, 0.1) is 5.92 Å². The first-order valence-corrected chi connectivity index (χ1v) is 11.0. The van der Waals surface area contributed by atoms with Crippen molar-refractivity contribution in [3.8, 4) is 0 Å². The molecule has 0 bridgehead atoms. The van der Waals surface area contributed by atoms with Crippen LogP contribution in [0.4, 0.5) is 0 Å². The highest BCUT2D eigenvalue weighted by Crippen LogP contribution is 2.20. The molecule has 1 aliphatic rings. The average molecular weight is 455 g/mol. The number of nitrogens with zero attached hydrogens (tertiary/aromatic N) is 1. The van der Waals surface area contributed by atoms with E-state index in [-0.39, 0.29) is 17.7 Å². The summed E-state index contributed by atoms with van der Waals surface area (Å²) in [5.74, 6) is -1.14. The van der Waals surface area contributed by atoms with Crippen molar-refractivity contribution < 1.29 is 19.1 Å². The van der Waals surface area contributed by atoms with Gasteiger partial charge in [0.2, 0.25) is 5.91 Å². The summed E-state index contributed by atoms with van der Waals surface area (Å²) < 4.78 is 5.37. The van der Waals surface area contributed by atoms with Crippen molar-refractivity contribution in [2.24, 2.45) is 5.92 Å². The van der Waals surface area contributed by atoms with E-state index in [9.17, 15) is 14.4 Å². The Morgan fingerprint density at radius 3 is 2.41 bits per heavy atom. The van der Waals surface area contributed by atoms with E-state index in [1.807, 2.05) is 42.5 Å². The number of halogens is 1. The van der Waals surface area contributed by atoms with Gasteiger partial charge >= 0.3 is 5.97 Å². The molecule has 1 saturated heterocycles. The van der Waals surface area contributed by atoms with Crippen molar-refractivity contribution >= 4 is 35.5 Å². The molecule has 0 spiro atoms. The molecule has 1 atom stereocenters. The van der Waals surface area contributed by atoms with Crippen LogP contribution in [0.2, 0.25) is 5.02 Å². The van der Waals surface area contributed by atoms with E-state index < -0.39 is 12.1 Å². The van der Waals surface area contributed by atoms with Gasteiger partial charge in [-0.2, -0.15) is 0 Å². The van der Waals surface area contributed by atoms with Crippen molar-refractivity contribution in [3.05, 3.63) is 76.8 Å². The van der Waals surface area contributed by atoms with E-state index >= 15 is 0 Å². The highest BCUT2D eigenvalue weighted by atomic mass is 35.5. The summed E-state index contributed by atoms with van der Waals surface area (Å²) in [6, 6.07) is 16.8. The van der Waals surface area contributed by atoms with Gasteiger partial charge in [0.15, 0.2) is 6.10 Å². The van der Waals surface area contributed by atoms with Crippen LogP contribution in [-0.4, -0.2) is 41.9 Å². The third kappa shape index (κ3) is 6.95. The zero-order valence-corrected chi connectivity index (χ0v) is 18.8. The molecule has 3 rings (SSSR count). The van der Waals surface area contributed by atoms with Crippen LogP contribution < -0.4 is 5.32 Å². The van der Waals surface area contributed by atoms with Crippen LogP contribution in [-0.2, 0) is 25.7 Å². The van der Waals surface area contributed by atoms with Crippen LogP contribution in [0.3, 0.4) is 0 Å². The van der Waals surface area contributed by atoms with Crippen molar-refractivity contribution in [3.63, 3.8) is 0 Å². The number of rotatable bonds is 7. The van der Waals surface area contributed by atoms with Gasteiger partial charge < -0.3 is 15.0 Å². The monoisotopic (exact) mass is 454 g/mol. The predicted octanol–water partition coefficient (Wildman–Crippen LogP) is 3.84. The van der Waals surface area contributed by atoms with Crippen LogP contribution in [0.5, 0.6) is 0 Å². The van der Waals surface area contributed by atoms with E-state index in [0.717, 1.165) is 11.1 Å². The molecule has 168 valence electrons. The van der Waals surface area contributed by atoms with Gasteiger partial charge in [-0.3, -0.25) is 14.4 Å². The Hall–Kier alpha value is -3.12. The van der Waals surface area contributed by atoms with Crippen LogP contribution in [0.1, 0.15) is 30.9 Å². The van der Waals surface area contributed by atoms with Gasteiger partial charge in [-0.05, 0) is 49.1 Å².